The molecule has 0 aliphatic carbocycles. The van der Waals surface area contributed by atoms with Crippen LogP contribution in [-0.2, 0) is 6.54 Å². The van der Waals surface area contributed by atoms with Crippen LogP contribution in [0.15, 0.2) is 29.1 Å². The van der Waals surface area contributed by atoms with Crippen molar-refractivity contribution in [2.45, 2.75) is 52.6 Å². The Labute approximate surface area is 169 Å². The number of benzene rings is 1. The van der Waals surface area contributed by atoms with E-state index in [1.54, 1.807) is 0 Å². The summed E-state index contributed by atoms with van der Waals surface area (Å²) in [7, 11) is 4.10. The average molecular weight is 385 g/mol. The van der Waals surface area contributed by atoms with Crippen LogP contribution >= 0.6 is 0 Å². The third kappa shape index (κ3) is 4.64. The fourth-order valence-corrected chi connectivity index (χ4v) is 4.67. The Hall–Kier alpha value is -1.72. The number of likely N-dealkylation sites (N-methyl/N-ethyl adjacent to an activating group) is 1. The fraction of sp³-hybridized carbons (Fsp3) is 0.652. The molecule has 0 bridgehead atoms. The molecule has 154 valence electrons. The highest BCUT2D eigenvalue weighted by Gasteiger charge is 2.31. The van der Waals surface area contributed by atoms with Gasteiger partial charge in [-0.3, -0.25) is 14.3 Å². The number of rotatable bonds is 7. The van der Waals surface area contributed by atoms with E-state index >= 15 is 0 Å². The van der Waals surface area contributed by atoms with Crippen molar-refractivity contribution >= 4 is 10.9 Å². The summed E-state index contributed by atoms with van der Waals surface area (Å²) in [6, 6.07) is 7.98. The van der Waals surface area contributed by atoms with E-state index in [1.165, 1.54) is 6.42 Å². The van der Waals surface area contributed by atoms with E-state index in [0.717, 1.165) is 49.2 Å². The number of fused-ring (bicyclic) bond motifs is 1. The lowest BCUT2D eigenvalue weighted by Crippen LogP contribution is -2.43. The molecular weight excluding hydrogens is 348 g/mol. The molecule has 5 heteroatoms. The zero-order chi connectivity index (χ0) is 20.3. The van der Waals surface area contributed by atoms with Gasteiger partial charge in [-0.1, -0.05) is 39.3 Å². The molecule has 0 amide bonds. The Balaban J connectivity index is 2.10. The molecule has 1 aromatic carbocycles. The molecule has 1 fully saturated rings. The van der Waals surface area contributed by atoms with Crippen molar-refractivity contribution in [3.05, 3.63) is 40.4 Å². The molecule has 1 aromatic heterocycles. The van der Waals surface area contributed by atoms with E-state index in [4.69, 9.17) is 4.98 Å². The smallest absolute Gasteiger partial charge is 0.261 e. The molecule has 0 radical (unpaired) electrons. The molecule has 1 aliphatic heterocycles. The number of hydrogen-bond acceptors (Lipinski definition) is 4. The summed E-state index contributed by atoms with van der Waals surface area (Å²) in [6.45, 7) is 10.6. The van der Waals surface area contributed by atoms with Crippen LogP contribution in [0.4, 0.5) is 0 Å². The summed E-state index contributed by atoms with van der Waals surface area (Å²) in [6.07, 6.45) is 3.40. The van der Waals surface area contributed by atoms with Crippen LogP contribution in [0.3, 0.4) is 0 Å². The van der Waals surface area contributed by atoms with E-state index in [-0.39, 0.29) is 11.6 Å². The summed E-state index contributed by atoms with van der Waals surface area (Å²) >= 11 is 0. The standard InChI is InChI=1S/C23H36N4O/c1-6-9-21(26-15-17(2)14-18(3)16-26)22-24-20-11-8-7-10-19(20)23(28)27(22)13-12-25(4)5/h7-8,10-11,17-18,21H,6,9,12-16H2,1-5H3/t17-,18+,21?. The quantitative estimate of drug-likeness (QED) is 0.729. The first-order valence-corrected chi connectivity index (χ1v) is 10.8. The second-order valence-corrected chi connectivity index (χ2v) is 8.95. The molecule has 1 unspecified atom stereocenters. The van der Waals surface area contributed by atoms with Gasteiger partial charge in [0.15, 0.2) is 0 Å². The predicted octanol–water partition coefficient (Wildman–Crippen LogP) is 3.78. The maximum absolute atomic E-state index is 13.4. The lowest BCUT2D eigenvalue weighted by molar-refractivity contribution is 0.0832. The Bertz CT molecular complexity index is 834. The monoisotopic (exact) mass is 384 g/mol. The van der Waals surface area contributed by atoms with Crippen LogP contribution in [0.2, 0.25) is 0 Å². The average Bonchev–Trinajstić information content (AvgIpc) is 2.64. The van der Waals surface area contributed by atoms with Crippen LogP contribution in [0.1, 0.15) is 51.9 Å². The molecular formula is C23H36N4O. The van der Waals surface area contributed by atoms with E-state index in [0.29, 0.717) is 18.4 Å². The molecule has 0 spiro atoms. The van der Waals surface area contributed by atoms with Crippen LogP contribution in [0.5, 0.6) is 0 Å². The van der Waals surface area contributed by atoms with Crippen LogP contribution < -0.4 is 5.56 Å². The maximum atomic E-state index is 13.4. The Morgan fingerprint density at radius 1 is 1.18 bits per heavy atom. The van der Waals surface area contributed by atoms with Crippen LogP contribution in [-0.4, -0.2) is 53.1 Å². The fourth-order valence-electron chi connectivity index (χ4n) is 4.67. The topological polar surface area (TPSA) is 41.4 Å². The SMILES string of the molecule is CCCC(c1nc2ccccc2c(=O)n1CCN(C)C)N1C[C@H](C)C[C@H](C)C1. The van der Waals surface area contributed by atoms with Gasteiger partial charge >= 0.3 is 0 Å². The number of hydrogen-bond donors (Lipinski definition) is 0. The van der Waals surface area contributed by atoms with E-state index in [2.05, 4.69) is 44.7 Å². The van der Waals surface area contributed by atoms with E-state index in [9.17, 15) is 4.79 Å². The third-order valence-corrected chi connectivity index (χ3v) is 5.86. The van der Waals surface area contributed by atoms with Gasteiger partial charge in [0.25, 0.3) is 5.56 Å². The second kappa shape index (κ2) is 9.19. The molecule has 2 aromatic rings. The van der Waals surface area contributed by atoms with Crippen molar-refractivity contribution in [2.24, 2.45) is 11.8 Å². The van der Waals surface area contributed by atoms with Crippen molar-refractivity contribution in [1.29, 1.82) is 0 Å². The molecule has 2 heterocycles. The predicted molar refractivity (Wildman–Crippen MR) is 117 cm³/mol. The number of nitrogens with zero attached hydrogens (tertiary/aromatic N) is 4. The molecule has 1 aliphatic rings. The van der Waals surface area contributed by atoms with Gasteiger partial charge in [0.1, 0.15) is 5.82 Å². The maximum Gasteiger partial charge on any atom is 0.261 e. The van der Waals surface area contributed by atoms with Crippen molar-refractivity contribution in [2.75, 3.05) is 33.7 Å². The van der Waals surface area contributed by atoms with Gasteiger partial charge in [-0.15, -0.1) is 0 Å². The molecule has 3 atom stereocenters. The van der Waals surface area contributed by atoms with Gasteiger partial charge in [0.2, 0.25) is 0 Å². The summed E-state index contributed by atoms with van der Waals surface area (Å²) in [5.74, 6) is 2.32. The molecule has 0 saturated carbocycles. The van der Waals surface area contributed by atoms with Crippen molar-refractivity contribution < 1.29 is 0 Å². The minimum atomic E-state index is 0.0988. The zero-order valence-electron chi connectivity index (χ0n) is 18.2. The summed E-state index contributed by atoms with van der Waals surface area (Å²) < 4.78 is 1.95. The van der Waals surface area contributed by atoms with Gasteiger partial charge in [-0.25, -0.2) is 4.98 Å². The largest absolute Gasteiger partial charge is 0.308 e. The van der Waals surface area contributed by atoms with E-state index in [1.807, 2.05) is 28.8 Å². The number of piperidine rings is 1. The highest BCUT2D eigenvalue weighted by atomic mass is 16.1. The number of likely N-dealkylation sites (tertiary alicyclic amines) is 1. The first kappa shape index (κ1) is 21.0. The van der Waals surface area contributed by atoms with Gasteiger partial charge < -0.3 is 4.90 Å². The zero-order valence-corrected chi connectivity index (χ0v) is 18.2. The second-order valence-electron chi connectivity index (χ2n) is 8.95. The minimum absolute atomic E-state index is 0.0988. The Morgan fingerprint density at radius 3 is 2.50 bits per heavy atom. The Morgan fingerprint density at radius 2 is 1.86 bits per heavy atom. The first-order valence-electron chi connectivity index (χ1n) is 10.8. The normalized spacial score (nSPS) is 22.1. The van der Waals surface area contributed by atoms with Crippen LogP contribution in [0, 0.1) is 11.8 Å². The highest BCUT2D eigenvalue weighted by molar-refractivity contribution is 5.77. The molecule has 0 N–H and O–H groups in total. The molecule has 5 nitrogen and oxygen atoms in total. The molecule has 3 rings (SSSR count). The summed E-state index contributed by atoms with van der Waals surface area (Å²) in [5, 5.41) is 0.723. The van der Waals surface area contributed by atoms with E-state index < -0.39 is 0 Å². The van der Waals surface area contributed by atoms with Crippen LogP contribution in [0.25, 0.3) is 10.9 Å². The first-order chi connectivity index (χ1) is 13.4. The lowest BCUT2D eigenvalue weighted by atomic mass is 9.90. The number of aromatic nitrogens is 2. The van der Waals surface area contributed by atoms with Crippen molar-refractivity contribution in [3.8, 4) is 0 Å². The van der Waals surface area contributed by atoms with Gasteiger partial charge in [-0.05, 0) is 50.9 Å². The van der Waals surface area contributed by atoms with Gasteiger partial charge in [0, 0.05) is 26.2 Å². The summed E-state index contributed by atoms with van der Waals surface area (Å²) in [4.78, 5) is 23.1. The van der Waals surface area contributed by atoms with Crippen molar-refractivity contribution in [3.63, 3.8) is 0 Å². The summed E-state index contributed by atoms with van der Waals surface area (Å²) in [5.41, 5.74) is 0.921. The minimum Gasteiger partial charge on any atom is -0.308 e. The third-order valence-electron chi connectivity index (χ3n) is 5.86. The number of para-hydroxylation sites is 1. The molecule has 28 heavy (non-hydrogen) atoms. The Kier molecular flexibility index (Phi) is 6.89. The van der Waals surface area contributed by atoms with Gasteiger partial charge in [0.05, 0.1) is 16.9 Å². The molecule has 1 saturated heterocycles. The van der Waals surface area contributed by atoms with Crippen molar-refractivity contribution in [1.82, 2.24) is 19.4 Å². The highest BCUT2D eigenvalue weighted by Crippen LogP contribution is 2.31. The lowest BCUT2D eigenvalue weighted by Gasteiger charge is -2.40. The van der Waals surface area contributed by atoms with Gasteiger partial charge in [-0.2, -0.15) is 0 Å².